The molecular formula is C14H19N5O3. The van der Waals surface area contributed by atoms with Gasteiger partial charge in [0.1, 0.15) is 6.20 Å². The molecule has 1 saturated heterocycles. The molecule has 0 spiro atoms. The van der Waals surface area contributed by atoms with Crippen molar-refractivity contribution in [2.24, 2.45) is 0 Å². The number of rotatable bonds is 3. The van der Waals surface area contributed by atoms with Gasteiger partial charge in [-0.2, -0.15) is 0 Å². The highest BCUT2D eigenvalue weighted by Crippen LogP contribution is 2.38. The molecule has 1 N–H and O–H groups in total. The molecule has 22 heavy (non-hydrogen) atoms. The lowest BCUT2D eigenvalue weighted by atomic mass is 9.94. The van der Waals surface area contributed by atoms with E-state index in [9.17, 15) is 10.1 Å². The molecule has 118 valence electrons. The smallest absolute Gasteiger partial charge is 0.367 e. The Bertz CT molecular complexity index is 737. The van der Waals surface area contributed by atoms with E-state index in [1.54, 1.807) is 12.1 Å². The Morgan fingerprint density at radius 3 is 2.73 bits per heavy atom. The molecule has 0 bridgehead atoms. The highest BCUT2D eigenvalue weighted by molar-refractivity contribution is 5.48. The van der Waals surface area contributed by atoms with E-state index in [1.807, 2.05) is 27.7 Å². The number of fused-ring (bicyclic) bond motifs is 1. The van der Waals surface area contributed by atoms with Gasteiger partial charge in [0.05, 0.1) is 17.2 Å². The van der Waals surface area contributed by atoms with E-state index in [0.717, 1.165) is 6.42 Å². The lowest BCUT2D eigenvalue weighted by Crippen LogP contribution is -2.38. The molecule has 0 saturated carbocycles. The fourth-order valence-electron chi connectivity index (χ4n) is 3.03. The molecule has 1 atom stereocenters. The predicted molar refractivity (Wildman–Crippen MR) is 80.9 cm³/mol. The molecule has 0 radical (unpaired) electrons. The van der Waals surface area contributed by atoms with Crippen LogP contribution >= 0.6 is 0 Å². The summed E-state index contributed by atoms with van der Waals surface area (Å²) < 4.78 is 7.27. The monoisotopic (exact) mass is 305 g/mol. The van der Waals surface area contributed by atoms with E-state index in [1.165, 1.54) is 10.7 Å². The van der Waals surface area contributed by atoms with E-state index < -0.39 is 4.92 Å². The number of hydrogen-bond acceptors (Lipinski definition) is 6. The van der Waals surface area contributed by atoms with E-state index >= 15 is 0 Å². The third-order valence-electron chi connectivity index (χ3n) is 3.93. The zero-order chi connectivity index (χ0) is 16.1. The Balaban J connectivity index is 1.91. The molecular weight excluding hydrogens is 286 g/mol. The van der Waals surface area contributed by atoms with Crippen molar-refractivity contribution in [1.29, 1.82) is 0 Å². The first-order valence-corrected chi connectivity index (χ1v) is 7.14. The lowest BCUT2D eigenvalue weighted by molar-refractivity contribution is -0.391. The molecule has 2 aromatic heterocycles. The highest BCUT2D eigenvalue weighted by Gasteiger charge is 2.46. The fraction of sp³-hybridized carbons (Fsp3) is 0.571. The van der Waals surface area contributed by atoms with Crippen LogP contribution in [-0.4, -0.2) is 36.8 Å². The number of imidazole rings is 1. The summed E-state index contributed by atoms with van der Waals surface area (Å²) in [6.45, 7) is 8.15. The molecule has 2 aromatic rings. The second-order valence-corrected chi connectivity index (χ2v) is 6.73. The molecule has 0 aromatic carbocycles. The van der Waals surface area contributed by atoms with Gasteiger partial charge in [-0.3, -0.25) is 0 Å². The van der Waals surface area contributed by atoms with Gasteiger partial charge in [-0.1, -0.05) is 9.61 Å². The third-order valence-corrected chi connectivity index (χ3v) is 3.93. The van der Waals surface area contributed by atoms with Crippen molar-refractivity contribution in [3.05, 3.63) is 28.4 Å². The maximum atomic E-state index is 11.0. The van der Waals surface area contributed by atoms with E-state index in [4.69, 9.17) is 4.74 Å². The summed E-state index contributed by atoms with van der Waals surface area (Å²) in [6, 6.07) is 3.54. The first-order chi connectivity index (χ1) is 10.2. The largest absolute Gasteiger partial charge is 0.368 e. The summed E-state index contributed by atoms with van der Waals surface area (Å²) in [7, 11) is 0. The normalized spacial score (nSPS) is 22.8. The van der Waals surface area contributed by atoms with Crippen LogP contribution in [0.15, 0.2) is 18.3 Å². The summed E-state index contributed by atoms with van der Waals surface area (Å²) in [4.78, 5) is 14.5. The minimum atomic E-state index is -0.498. The summed E-state index contributed by atoms with van der Waals surface area (Å²) in [6.07, 6.45) is 2.03. The van der Waals surface area contributed by atoms with Crippen LogP contribution in [0.4, 0.5) is 11.6 Å². The minimum Gasteiger partial charge on any atom is -0.367 e. The number of nitrogens with zero attached hydrogens (tertiary/aromatic N) is 4. The number of ether oxygens (including phenoxy) is 1. The zero-order valence-corrected chi connectivity index (χ0v) is 13.0. The van der Waals surface area contributed by atoms with E-state index in [0.29, 0.717) is 11.5 Å². The predicted octanol–water partition coefficient (Wildman–Crippen LogP) is 2.40. The third kappa shape index (κ3) is 2.50. The molecule has 0 amide bonds. The molecule has 0 aliphatic carbocycles. The second kappa shape index (κ2) is 4.64. The Morgan fingerprint density at radius 2 is 2.14 bits per heavy atom. The van der Waals surface area contributed by atoms with Gasteiger partial charge >= 0.3 is 5.82 Å². The molecule has 1 aliphatic rings. The minimum absolute atomic E-state index is 0.0648. The second-order valence-electron chi connectivity index (χ2n) is 6.73. The van der Waals surface area contributed by atoms with Crippen LogP contribution in [-0.2, 0) is 4.74 Å². The van der Waals surface area contributed by atoms with Crippen molar-refractivity contribution in [2.45, 2.75) is 51.4 Å². The molecule has 8 nitrogen and oxygen atoms in total. The number of nitrogens with one attached hydrogen (secondary N) is 1. The van der Waals surface area contributed by atoms with Crippen LogP contribution in [0.2, 0.25) is 0 Å². The Kier molecular flexibility index (Phi) is 3.10. The van der Waals surface area contributed by atoms with Gasteiger partial charge in [0.25, 0.3) is 0 Å². The number of nitro groups is 1. The molecule has 1 unspecified atom stereocenters. The van der Waals surface area contributed by atoms with Gasteiger partial charge in [0, 0.05) is 6.07 Å². The molecule has 1 fully saturated rings. The number of anilines is 1. The maximum absolute atomic E-state index is 11.0. The molecule has 3 heterocycles. The summed E-state index contributed by atoms with van der Waals surface area (Å²) in [5.74, 6) is 0.411. The quantitative estimate of drug-likeness (QED) is 0.691. The Labute approximate surface area is 127 Å². The first kappa shape index (κ1) is 14.7. The van der Waals surface area contributed by atoms with Crippen LogP contribution in [0.25, 0.3) is 5.65 Å². The van der Waals surface area contributed by atoms with Crippen LogP contribution < -0.4 is 5.32 Å². The van der Waals surface area contributed by atoms with Crippen LogP contribution in [0.1, 0.15) is 34.1 Å². The van der Waals surface area contributed by atoms with Gasteiger partial charge in [0.2, 0.25) is 5.65 Å². The van der Waals surface area contributed by atoms with Crippen molar-refractivity contribution in [1.82, 2.24) is 14.6 Å². The summed E-state index contributed by atoms with van der Waals surface area (Å²) in [5.41, 5.74) is -0.118. The van der Waals surface area contributed by atoms with Crippen LogP contribution in [0, 0.1) is 10.1 Å². The Hall–Kier alpha value is -2.22. The van der Waals surface area contributed by atoms with Crippen molar-refractivity contribution in [2.75, 3.05) is 5.32 Å². The van der Waals surface area contributed by atoms with Gasteiger partial charge in [-0.05, 0) is 45.1 Å². The van der Waals surface area contributed by atoms with Crippen LogP contribution in [0.5, 0.6) is 0 Å². The van der Waals surface area contributed by atoms with Crippen molar-refractivity contribution in [3.8, 4) is 0 Å². The van der Waals surface area contributed by atoms with Crippen molar-refractivity contribution >= 4 is 17.3 Å². The van der Waals surface area contributed by atoms with Gasteiger partial charge in [-0.25, -0.2) is 4.98 Å². The molecule has 1 aliphatic heterocycles. The molecule has 3 rings (SSSR count). The van der Waals surface area contributed by atoms with Gasteiger partial charge < -0.3 is 20.2 Å². The topological polar surface area (TPSA) is 94.6 Å². The fourth-order valence-corrected chi connectivity index (χ4v) is 3.03. The number of aromatic nitrogens is 3. The van der Waals surface area contributed by atoms with Gasteiger partial charge in [-0.15, -0.1) is 0 Å². The van der Waals surface area contributed by atoms with E-state index in [-0.39, 0.29) is 23.1 Å². The van der Waals surface area contributed by atoms with E-state index in [2.05, 4.69) is 15.4 Å². The molecule has 8 heteroatoms. The summed E-state index contributed by atoms with van der Waals surface area (Å²) in [5, 5.41) is 18.6. The first-order valence-electron chi connectivity index (χ1n) is 7.14. The van der Waals surface area contributed by atoms with Crippen molar-refractivity contribution in [3.63, 3.8) is 0 Å². The highest BCUT2D eigenvalue weighted by atomic mass is 16.6. The lowest BCUT2D eigenvalue weighted by Gasteiger charge is -2.27. The maximum Gasteiger partial charge on any atom is 0.368 e. The number of hydrogen-bond donors (Lipinski definition) is 1. The average Bonchev–Trinajstić information content (AvgIpc) is 2.87. The SMILES string of the molecule is CC1(C)CC(Nc2ccc3ncc([N+](=O)[O-])n3n2)C(C)(C)O1. The zero-order valence-electron chi connectivity index (χ0n) is 13.0. The summed E-state index contributed by atoms with van der Waals surface area (Å²) >= 11 is 0. The van der Waals surface area contributed by atoms with Crippen molar-refractivity contribution < 1.29 is 9.66 Å². The average molecular weight is 305 g/mol. The van der Waals surface area contributed by atoms with Crippen LogP contribution in [0.3, 0.4) is 0 Å². The van der Waals surface area contributed by atoms with Gasteiger partial charge in [0.15, 0.2) is 5.82 Å². The Morgan fingerprint density at radius 1 is 1.41 bits per heavy atom. The standard InChI is InChI=1S/C14H19N5O3/c1-13(2)7-9(14(3,4)22-13)16-10-5-6-11-15-8-12(19(20)21)18(11)17-10/h5-6,8-9H,7H2,1-4H3,(H,16,17).